The van der Waals surface area contributed by atoms with E-state index in [4.69, 9.17) is 19.4 Å². The largest absolute Gasteiger partial charge is 0.484 e. The van der Waals surface area contributed by atoms with E-state index in [9.17, 15) is 9.59 Å². The van der Waals surface area contributed by atoms with Crippen LogP contribution in [0.4, 0.5) is 10.6 Å². The molecule has 2 aliphatic carbocycles. The van der Waals surface area contributed by atoms with Crippen LogP contribution in [0.1, 0.15) is 118 Å². The number of nitrogens with one attached hydrogen (secondary N) is 3. The van der Waals surface area contributed by atoms with Crippen molar-refractivity contribution in [3.8, 4) is 5.75 Å². The number of anilines is 1. The molecule has 2 fully saturated rings. The second-order valence-electron chi connectivity index (χ2n) is 15.7. The number of hydrogen-bond donors (Lipinski definition) is 4. The fourth-order valence-electron chi connectivity index (χ4n) is 7.63. The standard InChI is InChI=1S/C39H51N9O4.CH2O2/c1-38(2,3)31-24-32(43-34(42-31)35(49)40-18-9-19-47-20-22-51-23-21-47)44-37(50)41-29-13-14-30(28-11-6-5-10-27(28)29)52-26-12-15-33-45-46-36(48(33)25-26)39(4)16-7-8-17-39;2-1-3/h5-6,10-12,15,24-25,29-30H,7-9,13-14,16-23H2,1-4H3,(H,40,49)(H2,41,42,43,44,50);1H,(H,2,3)/t29-,30+;/m0./s1. The topological polar surface area (TPSA) is 185 Å². The number of morpholine rings is 1. The number of amides is 3. The number of rotatable bonds is 10. The zero-order valence-corrected chi connectivity index (χ0v) is 32.2. The lowest BCUT2D eigenvalue weighted by Crippen LogP contribution is -2.38. The van der Waals surface area contributed by atoms with Crippen LogP contribution in [0.5, 0.6) is 5.75 Å². The second-order valence-corrected chi connectivity index (χ2v) is 15.7. The molecular formula is C40H53N9O6. The van der Waals surface area contributed by atoms with Crippen molar-refractivity contribution < 1.29 is 29.0 Å². The van der Waals surface area contributed by atoms with Gasteiger partial charge in [0.2, 0.25) is 5.82 Å². The Labute approximate surface area is 321 Å². The Kier molecular flexibility index (Phi) is 12.6. The first-order chi connectivity index (χ1) is 26.5. The SMILES string of the molecule is CC(C)(C)c1cc(NC(=O)N[C@H]2CC[C@@H](Oc3ccc4nnc(C5(C)CCCC5)n4c3)c3ccccc32)nc(C(=O)NCCCN2CCOCC2)n1.O=CO. The summed E-state index contributed by atoms with van der Waals surface area (Å²) in [6.45, 7) is 12.8. The molecule has 55 heavy (non-hydrogen) atoms. The zero-order valence-electron chi connectivity index (χ0n) is 32.2. The minimum absolute atomic E-state index is 0.0200. The van der Waals surface area contributed by atoms with Gasteiger partial charge in [0.15, 0.2) is 5.65 Å². The molecule has 4 N–H and O–H groups in total. The van der Waals surface area contributed by atoms with Gasteiger partial charge in [-0.3, -0.25) is 24.2 Å². The molecule has 1 saturated carbocycles. The number of fused-ring (bicyclic) bond motifs is 2. The van der Waals surface area contributed by atoms with Crippen LogP contribution in [0.25, 0.3) is 5.65 Å². The number of aromatic nitrogens is 5. The summed E-state index contributed by atoms with van der Waals surface area (Å²) in [6, 6.07) is 13.1. The van der Waals surface area contributed by atoms with E-state index in [1.54, 1.807) is 6.07 Å². The van der Waals surface area contributed by atoms with Gasteiger partial charge in [0, 0.05) is 36.5 Å². The highest BCUT2D eigenvalue weighted by atomic mass is 16.5. The van der Waals surface area contributed by atoms with E-state index in [0.717, 1.165) is 80.5 Å². The van der Waals surface area contributed by atoms with Gasteiger partial charge in [-0.2, -0.15) is 0 Å². The summed E-state index contributed by atoms with van der Waals surface area (Å²) in [5.41, 5.74) is 3.18. The Morgan fingerprint density at radius 2 is 1.76 bits per heavy atom. The molecule has 15 heteroatoms. The lowest BCUT2D eigenvalue weighted by Gasteiger charge is -2.32. The fourth-order valence-corrected chi connectivity index (χ4v) is 7.63. The van der Waals surface area contributed by atoms with E-state index in [2.05, 4.69) is 58.4 Å². The third-order valence-electron chi connectivity index (χ3n) is 10.6. The van der Waals surface area contributed by atoms with Crippen LogP contribution in [0.3, 0.4) is 0 Å². The van der Waals surface area contributed by atoms with Gasteiger partial charge in [-0.15, -0.1) is 10.2 Å². The number of carboxylic acid groups (broad SMARTS) is 1. The number of ether oxygens (including phenoxy) is 2. The fraction of sp³-hybridized carbons (Fsp3) is 0.525. The van der Waals surface area contributed by atoms with Gasteiger partial charge in [-0.25, -0.2) is 14.8 Å². The van der Waals surface area contributed by atoms with Crippen molar-refractivity contribution >= 4 is 29.9 Å². The molecule has 0 bridgehead atoms. The normalized spacial score (nSPS) is 19.4. The molecule has 1 aliphatic heterocycles. The number of hydrogen-bond acceptors (Lipinski definition) is 10. The van der Waals surface area contributed by atoms with E-state index < -0.39 is 6.03 Å². The predicted molar refractivity (Wildman–Crippen MR) is 206 cm³/mol. The van der Waals surface area contributed by atoms with Gasteiger partial charge in [-0.05, 0) is 61.9 Å². The second kappa shape index (κ2) is 17.5. The van der Waals surface area contributed by atoms with Gasteiger partial charge in [0.1, 0.15) is 23.5 Å². The van der Waals surface area contributed by atoms with E-state index in [-0.39, 0.29) is 47.0 Å². The van der Waals surface area contributed by atoms with Crippen LogP contribution < -0.4 is 20.7 Å². The molecule has 1 saturated heterocycles. The summed E-state index contributed by atoms with van der Waals surface area (Å²) in [5.74, 6) is 1.70. The highest BCUT2D eigenvalue weighted by molar-refractivity contribution is 5.92. The van der Waals surface area contributed by atoms with Gasteiger partial charge in [0.25, 0.3) is 12.4 Å². The molecule has 3 aromatic heterocycles. The van der Waals surface area contributed by atoms with Crippen molar-refractivity contribution in [2.45, 2.75) is 95.6 Å². The molecular weight excluding hydrogens is 702 g/mol. The van der Waals surface area contributed by atoms with Crippen molar-refractivity contribution in [2.24, 2.45) is 0 Å². The molecule has 3 amide bonds. The van der Waals surface area contributed by atoms with E-state index in [0.29, 0.717) is 25.1 Å². The Bertz CT molecular complexity index is 1950. The van der Waals surface area contributed by atoms with E-state index >= 15 is 0 Å². The van der Waals surface area contributed by atoms with Gasteiger partial charge in [-0.1, -0.05) is 64.8 Å². The average Bonchev–Trinajstić information content (AvgIpc) is 3.81. The Balaban J connectivity index is 0.00000166. The number of urea groups is 1. The number of carbonyl (C=O) groups is 3. The smallest absolute Gasteiger partial charge is 0.320 e. The Hall–Kier alpha value is -5.15. The summed E-state index contributed by atoms with van der Waals surface area (Å²) >= 11 is 0. The molecule has 3 aliphatic rings. The quantitative estimate of drug-likeness (QED) is 0.117. The number of benzene rings is 1. The molecule has 4 aromatic rings. The number of nitrogens with zero attached hydrogens (tertiary/aromatic N) is 6. The zero-order chi connectivity index (χ0) is 39.0. The van der Waals surface area contributed by atoms with Crippen molar-refractivity contribution in [3.63, 3.8) is 0 Å². The Morgan fingerprint density at radius 3 is 2.49 bits per heavy atom. The lowest BCUT2D eigenvalue weighted by atomic mass is 9.85. The minimum Gasteiger partial charge on any atom is -0.484 e. The van der Waals surface area contributed by atoms with Crippen LogP contribution in [-0.4, -0.2) is 92.4 Å². The highest BCUT2D eigenvalue weighted by Gasteiger charge is 2.35. The molecule has 4 heterocycles. The number of pyridine rings is 1. The maximum Gasteiger partial charge on any atom is 0.320 e. The summed E-state index contributed by atoms with van der Waals surface area (Å²) in [5, 5.41) is 24.9. The molecule has 0 unspecified atom stereocenters. The minimum atomic E-state index is -0.402. The average molecular weight is 756 g/mol. The van der Waals surface area contributed by atoms with E-state index in [1.165, 1.54) is 12.8 Å². The predicted octanol–water partition coefficient (Wildman–Crippen LogP) is 5.58. The van der Waals surface area contributed by atoms with Gasteiger partial charge in [0.05, 0.1) is 31.1 Å². The van der Waals surface area contributed by atoms with Crippen LogP contribution in [0, 0.1) is 0 Å². The monoisotopic (exact) mass is 755 g/mol. The highest BCUT2D eigenvalue weighted by Crippen LogP contribution is 2.41. The summed E-state index contributed by atoms with van der Waals surface area (Å²) in [6.07, 6.45) is 8.68. The third-order valence-corrected chi connectivity index (χ3v) is 10.6. The summed E-state index contributed by atoms with van der Waals surface area (Å²) in [7, 11) is 0. The van der Waals surface area contributed by atoms with Crippen molar-refractivity contribution in [1.29, 1.82) is 0 Å². The molecule has 2 atom stereocenters. The van der Waals surface area contributed by atoms with Crippen molar-refractivity contribution in [2.75, 3.05) is 44.7 Å². The first-order valence-corrected chi connectivity index (χ1v) is 19.2. The van der Waals surface area contributed by atoms with E-state index in [1.807, 2.05) is 57.3 Å². The van der Waals surface area contributed by atoms with Crippen LogP contribution >= 0.6 is 0 Å². The molecule has 7 rings (SSSR count). The Morgan fingerprint density at radius 1 is 1.04 bits per heavy atom. The molecule has 294 valence electrons. The van der Waals surface area contributed by atoms with Crippen molar-refractivity contribution in [3.05, 3.63) is 77.1 Å². The molecule has 0 spiro atoms. The maximum atomic E-state index is 13.5. The van der Waals surface area contributed by atoms with Crippen molar-refractivity contribution in [1.82, 2.24) is 40.1 Å². The molecule has 1 aromatic carbocycles. The lowest BCUT2D eigenvalue weighted by molar-refractivity contribution is -0.122. The first-order valence-electron chi connectivity index (χ1n) is 19.2. The maximum absolute atomic E-state index is 13.5. The molecule has 15 nitrogen and oxygen atoms in total. The molecule has 0 radical (unpaired) electrons. The number of carbonyl (C=O) groups excluding carboxylic acids is 2. The summed E-state index contributed by atoms with van der Waals surface area (Å²) in [4.78, 5) is 46.4. The van der Waals surface area contributed by atoms with Crippen LogP contribution in [0.15, 0.2) is 48.7 Å². The van der Waals surface area contributed by atoms with Gasteiger partial charge >= 0.3 is 6.03 Å². The first kappa shape index (κ1) is 39.5. The summed E-state index contributed by atoms with van der Waals surface area (Å²) < 4.78 is 14.1. The van der Waals surface area contributed by atoms with Crippen LogP contribution in [0.2, 0.25) is 0 Å². The third kappa shape index (κ3) is 9.75. The van der Waals surface area contributed by atoms with Crippen LogP contribution in [-0.2, 0) is 20.4 Å². The van der Waals surface area contributed by atoms with Gasteiger partial charge < -0.3 is 25.2 Å².